The molecule has 0 aliphatic rings. The number of hydrogen-bond donors (Lipinski definition) is 2. The van der Waals surface area contributed by atoms with Crippen LogP contribution < -0.4 is 24.8 Å². The van der Waals surface area contributed by atoms with Crippen molar-refractivity contribution in [3.8, 4) is 17.2 Å². The number of halogens is 2. The van der Waals surface area contributed by atoms with Gasteiger partial charge in [0.15, 0.2) is 11.5 Å². The van der Waals surface area contributed by atoms with E-state index in [1.165, 1.54) is 18.2 Å². The standard InChI is InChI=1S/C18H20F2N2O4/c1-24-15-8-7-12(11-16(15)25-2)9-10-21-18(23)22-13-5-3-4-6-14(13)26-17(19)20/h3-8,11,17H,9-10H2,1-2H3,(H2,21,22,23). The fourth-order valence-corrected chi connectivity index (χ4v) is 2.29. The average molecular weight is 366 g/mol. The first-order chi connectivity index (χ1) is 12.5. The molecule has 8 heteroatoms. The summed E-state index contributed by atoms with van der Waals surface area (Å²) >= 11 is 0. The third-order valence-corrected chi connectivity index (χ3v) is 3.50. The largest absolute Gasteiger partial charge is 0.493 e. The molecule has 0 aliphatic carbocycles. The summed E-state index contributed by atoms with van der Waals surface area (Å²) in [5, 5.41) is 5.15. The van der Waals surface area contributed by atoms with Gasteiger partial charge in [-0.15, -0.1) is 0 Å². The van der Waals surface area contributed by atoms with Crippen molar-refractivity contribution in [1.29, 1.82) is 0 Å². The van der Waals surface area contributed by atoms with E-state index in [-0.39, 0.29) is 11.4 Å². The average Bonchev–Trinajstić information content (AvgIpc) is 2.62. The zero-order chi connectivity index (χ0) is 18.9. The number of carbonyl (C=O) groups excluding carboxylic acids is 1. The highest BCUT2D eigenvalue weighted by Crippen LogP contribution is 2.27. The van der Waals surface area contributed by atoms with Gasteiger partial charge in [0, 0.05) is 6.54 Å². The molecular formula is C18H20F2N2O4. The summed E-state index contributed by atoms with van der Waals surface area (Å²) in [4.78, 5) is 12.0. The molecule has 6 nitrogen and oxygen atoms in total. The minimum atomic E-state index is -2.97. The van der Waals surface area contributed by atoms with Gasteiger partial charge in [-0.1, -0.05) is 18.2 Å². The molecule has 2 rings (SSSR count). The maximum absolute atomic E-state index is 12.4. The molecule has 2 aromatic carbocycles. The molecule has 2 N–H and O–H groups in total. The predicted octanol–water partition coefficient (Wildman–Crippen LogP) is 3.67. The van der Waals surface area contributed by atoms with Crippen LogP contribution in [0.25, 0.3) is 0 Å². The van der Waals surface area contributed by atoms with Gasteiger partial charge < -0.3 is 24.8 Å². The molecule has 0 aromatic heterocycles. The summed E-state index contributed by atoms with van der Waals surface area (Å²) in [6.45, 7) is -2.62. The van der Waals surface area contributed by atoms with Crippen LogP contribution >= 0.6 is 0 Å². The SMILES string of the molecule is COc1ccc(CCNC(=O)Nc2ccccc2OC(F)F)cc1OC. The molecule has 0 bridgehead atoms. The number of ether oxygens (including phenoxy) is 3. The van der Waals surface area contributed by atoms with Gasteiger partial charge in [0.2, 0.25) is 0 Å². The van der Waals surface area contributed by atoms with Crippen molar-refractivity contribution in [2.24, 2.45) is 0 Å². The second-order valence-electron chi connectivity index (χ2n) is 5.19. The highest BCUT2D eigenvalue weighted by atomic mass is 19.3. The second-order valence-corrected chi connectivity index (χ2v) is 5.19. The molecular weight excluding hydrogens is 346 g/mol. The first kappa shape index (κ1) is 19.3. The number of anilines is 1. The summed E-state index contributed by atoms with van der Waals surface area (Å²) in [5.41, 5.74) is 1.11. The van der Waals surface area contributed by atoms with Gasteiger partial charge in [-0.25, -0.2) is 4.79 Å². The van der Waals surface area contributed by atoms with E-state index < -0.39 is 12.6 Å². The van der Waals surface area contributed by atoms with Crippen molar-refractivity contribution in [1.82, 2.24) is 5.32 Å². The van der Waals surface area contributed by atoms with Crippen molar-refractivity contribution in [2.45, 2.75) is 13.0 Å². The number of para-hydroxylation sites is 2. The van der Waals surface area contributed by atoms with E-state index in [9.17, 15) is 13.6 Å². The number of nitrogens with one attached hydrogen (secondary N) is 2. The normalized spacial score (nSPS) is 10.3. The topological polar surface area (TPSA) is 68.8 Å². The van der Waals surface area contributed by atoms with Crippen LogP contribution in [0.2, 0.25) is 0 Å². The van der Waals surface area contributed by atoms with Crippen LogP contribution in [0.5, 0.6) is 17.2 Å². The summed E-state index contributed by atoms with van der Waals surface area (Å²) in [6.07, 6.45) is 0.558. The Bertz CT molecular complexity index is 741. The molecule has 0 aliphatic heterocycles. The number of urea groups is 1. The van der Waals surface area contributed by atoms with E-state index in [0.717, 1.165) is 5.56 Å². The zero-order valence-electron chi connectivity index (χ0n) is 14.4. The second kappa shape index (κ2) is 9.45. The van der Waals surface area contributed by atoms with E-state index in [1.54, 1.807) is 26.4 Å². The first-order valence-electron chi connectivity index (χ1n) is 7.83. The summed E-state index contributed by atoms with van der Waals surface area (Å²) < 4.78 is 39.5. The van der Waals surface area contributed by atoms with Crippen LogP contribution in [0, 0.1) is 0 Å². The molecule has 2 amide bonds. The van der Waals surface area contributed by atoms with Crippen LogP contribution in [0.1, 0.15) is 5.56 Å². The van der Waals surface area contributed by atoms with Crippen LogP contribution in [-0.2, 0) is 6.42 Å². The minimum Gasteiger partial charge on any atom is -0.493 e. The smallest absolute Gasteiger partial charge is 0.387 e. The number of benzene rings is 2. The highest BCUT2D eigenvalue weighted by Gasteiger charge is 2.11. The van der Waals surface area contributed by atoms with Gasteiger partial charge in [-0.05, 0) is 36.2 Å². The molecule has 26 heavy (non-hydrogen) atoms. The lowest BCUT2D eigenvalue weighted by Crippen LogP contribution is -2.30. The molecule has 140 valence electrons. The Balaban J connectivity index is 1.88. The maximum atomic E-state index is 12.4. The lowest BCUT2D eigenvalue weighted by molar-refractivity contribution is -0.0493. The Morgan fingerprint density at radius 3 is 2.46 bits per heavy atom. The van der Waals surface area contributed by atoms with Gasteiger partial charge in [-0.3, -0.25) is 0 Å². The van der Waals surface area contributed by atoms with Gasteiger partial charge in [-0.2, -0.15) is 8.78 Å². The third-order valence-electron chi connectivity index (χ3n) is 3.50. The molecule has 0 fully saturated rings. The van der Waals surface area contributed by atoms with Crippen molar-refractivity contribution < 1.29 is 27.8 Å². The summed E-state index contributed by atoms with van der Waals surface area (Å²) in [7, 11) is 3.10. The van der Waals surface area contributed by atoms with Gasteiger partial charge in [0.05, 0.1) is 19.9 Å². The first-order valence-corrected chi connectivity index (χ1v) is 7.83. The summed E-state index contributed by atoms with van der Waals surface area (Å²) in [5.74, 6) is 1.13. The lowest BCUT2D eigenvalue weighted by Gasteiger charge is -2.13. The Kier molecular flexibility index (Phi) is 7.02. The highest BCUT2D eigenvalue weighted by molar-refractivity contribution is 5.90. The van der Waals surface area contributed by atoms with E-state index >= 15 is 0 Å². The van der Waals surface area contributed by atoms with Crippen molar-refractivity contribution >= 4 is 11.7 Å². The Hall–Kier alpha value is -3.03. The van der Waals surface area contributed by atoms with Gasteiger partial charge >= 0.3 is 12.6 Å². The molecule has 0 spiro atoms. The van der Waals surface area contributed by atoms with E-state index in [0.29, 0.717) is 24.5 Å². The van der Waals surface area contributed by atoms with Crippen molar-refractivity contribution in [3.63, 3.8) is 0 Å². The Morgan fingerprint density at radius 2 is 1.77 bits per heavy atom. The molecule has 0 heterocycles. The fourth-order valence-electron chi connectivity index (χ4n) is 2.29. The van der Waals surface area contributed by atoms with E-state index in [2.05, 4.69) is 15.4 Å². The molecule has 0 radical (unpaired) electrons. The monoisotopic (exact) mass is 366 g/mol. The molecule has 0 atom stereocenters. The predicted molar refractivity (Wildman–Crippen MR) is 93.3 cm³/mol. The molecule has 0 saturated carbocycles. The maximum Gasteiger partial charge on any atom is 0.387 e. The van der Waals surface area contributed by atoms with Gasteiger partial charge in [0.25, 0.3) is 0 Å². The fraction of sp³-hybridized carbons (Fsp3) is 0.278. The molecule has 0 unspecified atom stereocenters. The molecule has 0 saturated heterocycles. The number of amides is 2. The number of alkyl halides is 2. The van der Waals surface area contributed by atoms with E-state index in [4.69, 9.17) is 9.47 Å². The van der Waals surface area contributed by atoms with Crippen LogP contribution in [0.4, 0.5) is 19.3 Å². The quantitative estimate of drug-likeness (QED) is 0.748. The minimum absolute atomic E-state index is 0.0995. The number of rotatable bonds is 8. The molecule has 2 aromatic rings. The van der Waals surface area contributed by atoms with Crippen LogP contribution in [-0.4, -0.2) is 33.4 Å². The Labute approximate surface area is 150 Å². The van der Waals surface area contributed by atoms with E-state index in [1.807, 2.05) is 12.1 Å². The Morgan fingerprint density at radius 1 is 1.04 bits per heavy atom. The zero-order valence-corrected chi connectivity index (χ0v) is 14.4. The van der Waals surface area contributed by atoms with Gasteiger partial charge in [0.1, 0.15) is 5.75 Å². The number of hydrogen-bond acceptors (Lipinski definition) is 4. The van der Waals surface area contributed by atoms with Crippen LogP contribution in [0.15, 0.2) is 42.5 Å². The van der Waals surface area contributed by atoms with Crippen molar-refractivity contribution in [2.75, 3.05) is 26.1 Å². The van der Waals surface area contributed by atoms with Crippen molar-refractivity contribution in [3.05, 3.63) is 48.0 Å². The summed E-state index contributed by atoms with van der Waals surface area (Å²) in [6, 6.07) is 10.9. The lowest BCUT2D eigenvalue weighted by atomic mass is 10.1. The number of carbonyl (C=O) groups is 1. The van der Waals surface area contributed by atoms with Crippen LogP contribution in [0.3, 0.4) is 0 Å². The number of methoxy groups -OCH3 is 2. The third kappa shape index (κ3) is 5.51.